The maximum absolute atomic E-state index is 5.81. The summed E-state index contributed by atoms with van der Waals surface area (Å²) in [7, 11) is 0. The van der Waals surface area contributed by atoms with E-state index in [1.54, 1.807) is 0 Å². The summed E-state index contributed by atoms with van der Waals surface area (Å²) in [4.78, 5) is 2.57. The zero-order chi connectivity index (χ0) is 14.5. The summed E-state index contributed by atoms with van der Waals surface area (Å²) in [5.74, 6) is 1.09. The van der Waals surface area contributed by atoms with E-state index in [9.17, 15) is 0 Å². The lowest BCUT2D eigenvalue weighted by Crippen LogP contribution is -2.38. The van der Waals surface area contributed by atoms with Crippen molar-refractivity contribution in [2.45, 2.75) is 31.8 Å². The van der Waals surface area contributed by atoms with Gasteiger partial charge in [-0.15, -0.1) is 0 Å². The molecule has 0 aliphatic carbocycles. The van der Waals surface area contributed by atoms with Gasteiger partial charge in [0, 0.05) is 31.4 Å². The number of fused-ring (bicyclic) bond motifs is 1. The first-order valence-corrected chi connectivity index (χ1v) is 9.12. The van der Waals surface area contributed by atoms with E-state index in [1.807, 2.05) is 0 Å². The third kappa shape index (κ3) is 4.21. The molecule has 0 radical (unpaired) electrons. The maximum atomic E-state index is 5.81. The molecule has 0 aromatic heterocycles. The van der Waals surface area contributed by atoms with Gasteiger partial charge in [0.05, 0.1) is 19.3 Å². The topological polar surface area (TPSA) is 21.7 Å². The number of alkyl halides is 1. The van der Waals surface area contributed by atoms with Gasteiger partial charge in [-0.2, -0.15) is 0 Å². The van der Waals surface area contributed by atoms with Gasteiger partial charge in [0.25, 0.3) is 0 Å². The van der Waals surface area contributed by atoms with Crippen molar-refractivity contribution in [1.29, 1.82) is 0 Å². The molecule has 1 fully saturated rings. The first kappa shape index (κ1) is 15.3. The summed E-state index contributed by atoms with van der Waals surface area (Å²) >= 11 is 3.42. The van der Waals surface area contributed by atoms with Crippen LogP contribution < -0.4 is 4.74 Å². The Balaban J connectivity index is 1.42. The van der Waals surface area contributed by atoms with E-state index in [4.69, 9.17) is 9.47 Å². The van der Waals surface area contributed by atoms with Crippen molar-refractivity contribution in [3.63, 3.8) is 0 Å². The number of ether oxygens (including phenoxy) is 2. The van der Waals surface area contributed by atoms with Gasteiger partial charge in [0.1, 0.15) is 5.75 Å². The fourth-order valence-electron chi connectivity index (χ4n) is 3.19. The number of rotatable bonds is 6. The molecule has 1 saturated heterocycles. The summed E-state index contributed by atoms with van der Waals surface area (Å²) in [6.07, 6.45) is 5.02. The van der Waals surface area contributed by atoms with E-state index in [-0.39, 0.29) is 0 Å². The average Bonchev–Trinajstić information content (AvgIpc) is 2.99. The fourth-order valence-corrected chi connectivity index (χ4v) is 3.38. The van der Waals surface area contributed by atoms with Gasteiger partial charge in [-0.05, 0) is 36.5 Å². The summed E-state index contributed by atoms with van der Waals surface area (Å²) in [5, 5.41) is 0.940. The smallest absolute Gasteiger partial charge is 0.122 e. The minimum atomic E-state index is 0.468. The number of halogens is 1. The maximum Gasteiger partial charge on any atom is 0.122 e. The Morgan fingerprint density at radius 3 is 2.95 bits per heavy atom. The van der Waals surface area contributed by atoms with Crippen LogP contribution in [0, 0.1) is 0 Å². The molecule has 21 heavy (non-hydrogen) atoms. The number of nitrogens with zero attached hydrogens (tertiary/aromatic N) is 1. The van der Waals surface area contributed by atoms with Gasteiger partial charge in [-0.1, -0.05) is 28.1 Å². The number of benzene rings is 1. The fraction of sp³-hybridized carbons (Fsp3) is 0.647. The molecule has 0 unspecified atom stereocenters. The Bertz CT molecular complexity index is 458. The largest absolute Gasteiger partial charge is 0.493 e. The second kappa shape index (κ2) is 7.61. The van der Waals surface area contributed by atoms with Crippen LogP contribution in [0.1, 0.15) is 24.0 Å². The standard InChI is InChI=1S/C17H24BrNO2/c18-7-12-20-16-4-9-19(10-5-16)8-3-14-1-2-17-15(13-14)6-11-21-17/h1-2,13,16H,3-12H2. The predicted molar refractivity (Wildman–Crippen MR) is 88.6 cm³/mol. The highest BCUT2D eigenvalue weighted by Crippen LogP contribution is 2.26. The molecule has 2 aliphatic heterocycles. The average molecular weight is 354 g/mol. The second-order valence-electron chi connectivity index (χ2n) is 5.89. The van der Waals surface area contributed by atoms with E-state index < -0.39 is 0 Å². The van der Waals surface area contributed by atoms with Crippen molar-refractivity contribution in [3.05, 3.63) is 29.3 Å². The van der Waals surface area contributed by atoms with Crippen LogP contribution in [0.3, 0.4) is 0 Å². The van der Waals surface area contributed by atoms with E-state index in [1.165, 1.54) is 37.1 Å². The number of hydrogen-bond donors (Lipinski definition) is 0. The number of piperidine rings is 1. The van der Waals surface area contributed by atoms with E-state index in [0.29, 0.717) is 6.10 Å². The molecule has 0 bridgehead atoms. The Hall–Kier alpha value is -0.580. The first-order chi connectivity index (χ1) is 10.3. The summed E-state index contributed by atoms with van der Waals surface area (Å²) in [5.41, 5.74) is 2.83. The second-order valence-corrected chi connectivity index (χ2v) is 6.68. The lowest BCUT2D eigenvalue weighted by atomic mass is 10.0. The number of likely N-dealkylation sites (tertiary alicyclic amines) is 1. The van der Waals surface area contributed by atoms with Crippen LogP contribution in [0.15, 0.2) is 18.2 Å². The van der Waals surface area contributed by atoms with Crippen LogP contribution >= 0.6 is 15.9 Å². The molecule has 0 saturated carbocycles. The number of hydrogen-bond acceptors (Lipinski definition) is 3. The van der Waals surface area contributed by atoms with Crippen LogP contribution in [0.5, 0.6) is 5.75 Å². The normalized spacial score (nSPS) is 19.5. The molecule has 1 aromatic rings. The van der Waals surface area contributed by atoms with E-state index in [2.05, 4.69) is 39.0 Å². The van der Waals surface area contributed by atoms with Crippen molar-refractivity contribution >= 4 is 15.9 Å². The van der Waals surface area contributed by atoms with Crippen LogP contribution in [-0.4, -0.2) is 49.2 Å². The van der Waals surface area contributed by atoms with E-state index in [0.717, 1.165) is 43.7 Å². The molecule has 3 rings (SSSR count). The van der Waals surface area contributed by atoms with Crippen molar-refractivity contribution in [2.75, 3.05) is 38.2 Å². The summed E-state index contributed by atoms with van der Waals surface area (Å²) in [6, 6.07) is 6.68. The Kier molecular flexibility index (Phi) is 5.55. The van der Waals surface area contributed by atoms with E-state index >= 15 is 0 Å². The third-order valence-electron chi connectivity index (χ3n) is 4.44. The highest BCUT2D eigenvalue weighted by Gasteiger charge is 2.19. The molecule has 3 nitrogen and oxygen atoms in total. The highest BCUT2D eigenvalue weighted by molar-refractivity contribution is 9.09. The van der Waals surface area contributed by atoms with Gasteiger partial charge in [-0.25, -0.2) is 0 Å². The quantitative estimate of drug-likeness (QED) is 0.733. The molecule has 1 aromatic carbocycles. The minimum Gasteiger partial charge on any atom is -0.493 e. The zero-order valence-electron chi connectivity index (χ0n) is 12.5. The van der Waals surface area contributed by atoms with Crippen LogP contribution in [0.25, 0.3) is 0 Å². The monoisotopic (exact) mass is 353 g/mol. The Morgan fingerprint density at radius 1 is 1.29 bits per heavy atom. The molecule has 0 amide bonds. The Morgan fingerprint density at radius 2 is 2.14 bits per heavy atom. The zero-order valence-corrected chi connectivity index (χ0v) is 14.1. The molecular weight excluding hydrogens is 330 g/mol. The summed E-state index contributed by atoms with van der Waals surface area (Å²) in [6.45, 7) is 5.18. The van der Waals surface area contributed by atoms with Crippen molar-refractivity contribution in [1.82, 2.24) is 4.90 Å². The molecule has 0 atom stereocenters. The van der Waals surface area contributed by atoms with Crippen LogP contribution in [0.2, 0.25) is 0 Å². The molecule has 2 aliphatic rings. The van der Waals surface area contributed by atoms with Gasteiger partial charge < -0.3 is 14.4 Å². The Labute approximate surface area is 135 Å². The minimum absolute atomic E-state index is 0.468. The van der Waals surface area contributed by atoms with Crippen molar-refractivity contribution in [3.8, 4) is 5.75 Å². The van der Waals surface area contributed by atoms with Gasteiger partial charge in [0.2, 0.25) is 0 Å². The third-order valence-corrected chi connectivity index (χ3v) is 4.76. The molecule has 116 valence electrons. The lowest BCUT2D eigenvalue weighted by molar-refractivity contribution is 0.0162. The summed E-state index contributed by atoms with van der Waals surface area (Å²) < 4.78 is 11.4. The predicted octanol–water partition coefficient (Wildman–Crippen LogP) is 3.04. The molecule has 0 N–H and O–H groups in total. The first-order valence-electron chi connectivity index (χ1n) is 7.99. The lowest BCUT2D eigenvalue weighted by Gasteiger charge is -2.31. The molecule has 4 heteroatoms. The van der Waals surface area contributed by atoms with Crippen LogP contribution in [-0.2, 0) is 17.6 Å². The van der Waals surface area contributed by atoms with Gasteiger partial charge in [-0.3, -0.25) is 0 Å². The molecular formula is C17H24BrNO2. The van der Waals surface area contributed by atoms with Gasteiger partial charge >= 0.3 is 0 Å². The molecule has 0 spiro atoms. The van der Waals surface area contributed by atoms with Crippen molar-refractivity contribution in [2.24, 2.45) is 0 Å². The van der Waals surface area contributed by atoms with Crippen molar-refractivity contribution < 1.29 is 9.47 Å². The van der Waals surface area contributed by atoms with Gasteiger partial charge in [0.15, 0.2) is 0 Å². The van der Waals surface area contributed by atoms with Crippen LogP contribution in [0.4, 0.5) is 0 Å². The highest BCUT2D eigenvalue weighted by atomic mass is 79.9. The molecule has 2 heterocycles. The SMILES string of the molecule is BrCCOC1CCN(CCc2ccc3c(c2)CCO3)CC1.